The van der Waals surface area contributed by atoms with E-state index in [2.05, 4.69) is 0 Å². The summed E-state index contributed by atoms with van der Waals surface area (Å²) in [4.78, 5) is 26.8. The van der Waals surface area contributed by atoms with Crippen molar-refractivity contribution < 1.29 is 9.59 Å². The summed E-state index contributed by atoms with van der Waals surface area (Å²) in [6, 6.07) is 19.2. The fourth-order valence-electron chi connectivity index (χ4n) is 3.02. The highest BCUT2D eigenvalue weighted by Crippen LogP contribution is 2.41. The Morgan fingerprint density at radius 2 is 1.28 bits per heavy atom. The van der Waals surface area contributed by atoms with Gasteiger partial charge in [-0.05, 0) is 35.9 Å². The molecule has 0 unspecified atom stereocenters. The maximum Gasteiger partial charge on any atom is 0.266 e. The summed E-state index contributed by atoms with van der Waals surface area (Å²) < 4.78 is 0. The lowest BCUT2D eigenvalue weighted by molar-refractivity contribution is 0.0926. The third-order valence-corrected chi connectivity index (χ3v) is 4.68. The highest BCUT2D eigenvalue weighted by atomic mass is 35.5. The molecule has 5 heteroatoms. The first-order valence-electron chi connectivity index (χ1n) is 7.60. The molecule has 0 bridgehead atoms. The Labute approximate surface area is 154 Å². The summed E-state index contributed by atoms with van der Waals surface area (Å²) in [6.07, 6.45) is 0. The van der Waals surface area contributed by atoms with E-state index >= 15 is 0 Å². The van der Waals surface area contributed by atoms with Crippen molar-refractivity contribution in [1.82, 2.24) is 0 Å². The average molecular weight is 368 g/mol. The largest absolute Gasteiger partial charge is 0.268 e. The summed E-state index contributed by atoms with van der Waals surface area (Å²) >= 11 is 12.5. The number of hydrogen-bond acceptors (Lipinski definition) is 2. The lowest BCUT2D eigenvalue weighted by Crippen LogP contribution is -2.30. The summed E-state index contributed by atoms with van der Waals surface area (Å²) in [5.74, 6) is -0.756. The molecule has 4 rings (SSSR count). The number of benzene rings is 3. The van der Waals surface area contributed by atoms with Crippen molar-refractivity contribution in [2.75, 3.05) is 4.90 Å². The fraction of sp³-hybridized carbons (Fsp3) is 0. The SMILES string of the molecule is O=C1c2ccccc2C(=O)N1c1c(Cl)cccc1-c1cccc(Cl)c1. The second-order valence-corrected chi connectivity index (χ2v) is 6.48. The van der Waals surface area contributed by atoms with Crippen molar-refractivity contribution in [3.63, 3.8) is 0 Å². The molecule has 0 radical (unpaired) electrons. The number of para-hydroxylation sites is 1. The molecule has 0 aromatic heterocycles. The first kappa shape index (κ1) is 15.9. The first-order chi connectivity index (χ1) is 12.1. The fourth-order valence-corrected chi connectivity index (χ4v) is 3.47. The molecular weight excluding hydrogens is 357 g/mol. The van der Waals surface area contributed by atoms with Gasteiger partial charge in [-0.25, -0.2) is 4.90 Å². The van der Waals surface area contributed by atoms with E-state index in [9.17, 15) is 9.59 Å². The standard InChI is InChI=1S/C20H11Cl2NO2/c21-13-6-3-5-12(11-13)14-9-4-10-17(22)18(14)23-19(24)15-7-1-2-8-16(15)20(23)25/h1-11H. The smallest absolute Gasteiger partial charge is 0.266 e. The Kier molecular flexibility index (Phi) is 3.83. The molecule has 0 spiro atoms. The van der Waals surface area contributed by atoms with Crippen molar-refractivity contribution in [2.24, 2.45) is 0 Å². The molecular formula is C20H11Cl2NO2. The normalized spacial score (nSPS) is 13.3. The topological polar surface area (TPSA) is 37.4 Å². The molecule has 3 nitrogen and oxygen atoms in total. The van der Waals surface area contributed by atoms with Crippen LogP contribution in [0.25, 0.3) is 11.1 Å². The van der Waals surface area contributed by atoms with Crippen LogP contribution in [0.2, 0.25) is 10.0 Å². The molecule has 0 aliphatic carbocycles. The van der Waals surface area contributed by atoms with Crippen molar-refractivity contribution in [2.45, 2.75) is 0 Å². The van der Waals surface area contributed by atoms with E-state index in [0.29, 0.717) is 32.4 Å². The van der Waals surface area contributed by atoms with E-state index in [-0.39, 0.29) is 11.8 Å². The van der Waals surface area contributed by atoms with Crippen LogP contribution in [0.15, 0.2) is 66.7 Å². The third kappa shape index (κ3) is 2.53. The molecule has 1 aliphatic rings. The summed E-state index contributed by atoms with van der Waals surface area (Å²) in [7, 11) is 0. The third-order valence-electron chi connectivity index (χ3n) is 4.14. The van der Waals surface area contributed by atoms with Gasteiger partial charge in [0.1, 0.15) is 0 Å². The minimum Gasteiger partial charge on any atom is -0.268 e. The summed E-state index contributed by atoms with van der Waals surface area (Å²) in [5, 5.41) is 0.887. The van der Waals surface area contributed by atoms with Gasteiger partial charge in [0.25, 0.3) is 11.8 Å². The van der Waals surface area contributed by atoms with Gasteiger partial charge in [0.15, 0.2) is 0 Å². The Bertz CT molecular complexity index is 995. The molecule has 1 aliphatic heterocycles. The molecule has 0 fully saturated rings. The van der Waals surface area contributed by atoms with E-state index in [1.807, 2.05) is 18.2 Å². The van der Waals surface area contributed by atoms with E-state index in [0.717, 1.165) is 10.5 Å². The lowest BCUT2D eigenvalue weighted by Gasteiger charge is -2.20. The first-order valence-corrected chi connectivity index (χ1v) is 8.36. The Morgan fingerprint density at radius 1 is 0.680 bits per heavy atom. The molecule has 0 saturated heterocycles. The number of carbonyl (C=O) groups excluding carboxylic acids is 2. The molecule has 0 saturated carbocycles. The monoisotopic (exact) mass is 367 g/mol. The number of imide groups is 1. The zero-order valence-corrected chi connectivity index (χ0v) is 14.4. The molecule has 0 N–H and O–H groups in total. The number of anilines is 1. The second-order valence-electron chi connectivity index (χ2n) is 5.64. The molecule has 0 atom stereocenters. The quantitative estimate of drug-likeness (QED) is 0.563. The van der Waals surface area contributed by atoms with Crippen LogP contribution in [0.4, 0.5) is 5.69 Å². The summed E-state index contributed by atoms with van der Waals surface area (Å²) in [5.41, 5.74) is 2.58. The minimum absolute atomic E-state index is 0.326. The van der Waals surface area contributed by atoms with Gasteiger partial charge in [0, 0.05) is 10.6 Å². The Morgan fingerprint density at radius 3 is 1.92 bits per heavy atom. The lowest BCUT2D eigenvalue weighted by atomic mass is 10.0. The number of amides is 2. The Hall–Kier alpha value is -2.62. The minimum atomic E-state index is -0.378. The van der Waals surface area contributed by atoms with Gasteiger partial charge in [-0.3, -0.25) is 9.59 Å². The molecule has 3 aromatic carbocycles. The number of rotatable bonds is 2. The van der Waals surface area contributed by atoms with Crippen molar-refractivity contribution >= 4 is 40.7 Å². The number of nitrogens with zero attached hydrogens (tertiary/aromatic N) is 1. The number of carbonyl (C=O) groups is 2. The molecule has 122 valence electrons. The van der Waals surface area contributed by atoms with Crippen LogP contribution in [-0.4, -0.2) is 11.8 Å². The van der Waals surface area contributed by atoms with E-state index < -0.39 is 0 Å². The van der Waals surface area contributed by atoms with E-state index in [1.165, 1.54) is 0 Å². The van der Waals surface area contributed by atoms with Gasteiger partial charge in [-0.1, -0.05) is 59.6 Å². The van der Waals surface area contributed by atoms with E-state index in [1.54, 1.807) is 48.5 Å². The maximum atomic E-state index is 12.8. The van der Waals surface area contributed by atoms with Gasteiger partial charge >= 0.3 is 0 Å². The molecule has 3 aromatic rings. The van der Waals surface area contributed by atoms with Gasteiger partial charge in [-0.2, -0.15) is 0 Å². The van der Waals surface area contributed by atoms with Gasteiger partial charge in [-0.15, -0.1) is 0 Å². The highest BCUT2D eigenvalue weighted by Gasteiger charge is 2.38. The van der Waals surface area contributed by atoms with Crippen LogP contribution in [0.1, 0.15) is 20.7 Å². The molecule has 25 heavy (non-hydrogen) atoms. The molecule has 1 heterocycles. The van der Waals surface area contributed by atoms with Crippen LogP contribution >= 0.6 is 23.2 Å². The van der Waals surface area contributed by atoms with Crippen molar-refractivity contribution in [3.05, 3.63) is 87.9 Å². The van der Waals surface area contributed by atoms with Gasteiger partial charge < -0.3 is 0 Å². The van der Waals surface area contributed by atoms with Gasteiger partial charge in [0.2, 0.25) is 0 Å². The number of halogens is 2. The number of hydrogen-bond donors (Lipinski definition) is 0. The van der Waals surface area contributed by atoms with Crippen LogP contribution in [0.3, 0.4) is 0 Å². The maximum absolute atomic E-state index is 12.8. The van der Waals surface area contributed by atoms with E-state index in [4.69, 9.17) is 23.2 Å². The predicted molar refractivity (Wildman–Crippen MR) is 99.5 cm³/mol. The summed E-state index contributed by atoms with van der Waals surface area (Å²) in [6.45, 7) is 0. The predicted octanol–water partition coefficient (Wildman–Crippen LogP) is 5.46. The van der Waals surface area contributed by atoms with Gasteiger partial charge in [0.05, 0.1) is 21.8 Å². The average Bonchev–Trinajstić information content (AvgIpc) is 2.86. The van der Waals surface area contributed by atoms with Crippen LogP contribution in [-0.2, 0) is 0 Å². The van der Waals surface area contributed by atoms with Crippen LogP contribution in [0.5, 0.6) is 0 Å². The molecule has 2 amide bonds. The van der Waals surface area contributed by atoms with Crippen molar-refractivity contribution in [1.29, 1.82) is 0 Å². The zero-order valence-electron chi connectivity index (χ0n) is 12.9. The Balaban J connectivity index is 1.93. The second kappa shape index (κ2) is 6.03. The zero-order chi connectivity index (χ0) is 17.6. The van der Waals surface area contributed by atoms with Crippen molar-refractivity contribution in [3.8, 4) is 11.1 Å². The van der Waals surface area contributed by atoms with Crippen LogP contribution < -0.4 is 4.90 Å². The highest BCUT2D eigenvalue weighted by molar-refractivity contribution is 6.41. The number of fused-ring (bicyclic) bond motifs is 1. The van der Waals surface area contributed by atoms with Crippen LogP contribution in [0, 0.1) is 0 Å².